The van der Waals surface area contributed by atoms with E-state index in [0.717, 1.165) is 5.82 Å². The number of hydrogen-bond acceptors (Lipinski definition) is 1. The van der Waals surface area contributed by atoms with E-state index >= 15 is 0 Å². The second-order valence-electron chi connectivity index (χ2n) is 11.7. The van der Waals surface area contributed by atoms with Crippen molar-refractivity contribution in [2.75, 3.05) is 0 Å². The number of H-pyrrole nitrogens is 1. The maximum Gasteiger partial charge on any atom is 0.111 e. The molecule has 1 N–H and O–H groups in total. The molecule has 2 aromatic rings. The first-order valence-corrected chi connectivity index (χ1v) is 10.1. The van der Waals surface area contributed by atoms with Gasteiger partial charge in [0.05, 0.1) is 0 Å². The summed E-state index contributed by atoms with van der Waals surface area (Å²) in [5.74, 6) is 1.07. The summed E-state index contributed by atoms with van der Waals surface area (Å²) < 4.78 is 0. The Hall–Kier alpha value is -1.57. The van der Waals surface area contributed by atoms with Gasteiger partial charge in [0.1, 0.15) is 5.82 Å². The van der Waals surface area contributed by atoms with E-state index < -0.39 is 0 Å². The molecule has 0 aliphatic heterocycles. The Morgan fingerprint density at radius 1 is 0.556 bits per heavy atom. The molecule has 0 bridgehead atoms. The number of imidazole rings is 1. The Morgan fingerprint density at radius 2 is 0.926 bits per heavy atom. The van der Waals surface area contributed by atoms with E-state index in [-0.39, 0.29) is 21.7 Å². The van der Waals surface area contributed by atoms with E-state index in [9.17, 15) is 0 Å². The van der Waals surface area contributed by atoms with Crippen molar-refractivity contribution in [2.24, 2.45) is 0 Å². The number of aromatic amines is 1. The second kappa shape index (κ2) is 7.81. The molecule has 0 aliphatic carbocycles. The first-order chi connectivity index (χ1) is 11.9. The predicted molar refractivity (Wildman–Crippen MR) is 120 cm³/mol. The second-order valence-corrected chi connectivity index (χ2v) is 11.7. The van der Waals surface area contributed by atoms with Crippen LogP contribution in [0.5, 0.6) is 0 Å². The van der Waals surface area contributed by atoms with Crippen LogP contribution in [0.15, 0.2) is 30.5 Å². The Morgan fingerprint density at radius 3 is 1.11 bits per heavy atom. The van der Waals surface area contributed by atoms with E-state index in [1.165, 1.54) is 16.8 Å². The summed E-state index contributed by atoms with van der Waals surface area (Å²) in [7, 11) is 0. The highest BCUT2D eigenvalue weighted by Gasteiger charge is 2.22. The van der Waals surface area contributed by atoms with Crippen molar-refractivity contribution < 1.29 is 0 Å². The number of hydrogen-bond donors (Lipinski definition) is 1. The van der Waals surface area contributed by atoms with Crippen LogP contribution in [0.4, 0.5) is 0 Å². The largest absolute Gasteiger partial charge is 0.345 e. The quantitative estimate of drug-likeness (QED) is 0.518. The summed E-state index contributed by atoms with van der Waals surface area (Å²) in [6.07, 6.45) is 1.95. The van der Waals surface area contributed by atoms with Crippen LogP contribution in [0.25, 0.3) is 0 Å². The van der Waals surface area contributed by atoms with Crippen LogP contribution in [0, 0.1) is 0 Å². The molecule has 0 aliphatic rings. The van der Waals surface area contributed by atoms with E-state index in [1.54, 1.807) is 0 Å². The van der Waals surface area contributed by atoms with Gasteiger partial charge in [-0.05, 0) is 22.0 Å². The van der Waals surface area contributed by atoms with E-state index in [1.807, 2.05) is 6.20 Å². The van der Waals surface area contributed by atoms with Gasteiger partial charge < -0.3 is 4.98 Å². The zero-order valence-electron chi connectivity index (χ0n) is 19.8. The number of rotatable bonds is 0. The van der Waals surface area contributed by atoms with Crippen molar-refractivity contribution in [3.63, 3.8) is 0 Å². The third kappa shape index (κ3) is 7.16. The van der Waals surface area contributed by atoms with Crippen LogP contribution in [0.2, 0.25) is 0 Å². The molecule has 1 aromatic heterocycles. The Kier molecular flexibility index (Phi) is 6.79. The smallest absolute Gasteiger partial charge is 0.111 e. The zero-order valence-corrected chi connectivity index (χ0v) is 19.8. The Labute approximate surface area is 168 Å². The van der Waals surface area contributed by atoms with Crippen molar-refractivity contribution in [1.29, 1.82) is 0 Å². The molecule has 0 saturated heterocycles. The lowest BCUT2D eigenvalue weighted by atomic mass is 9.82. The maximum absolute atomic E-state index is 4.40. The van der Waals surface area contributed by atoms with Crippen LogP contribution >= 0.6 is 0 Å². The van der Waals surface area contributed by atoms with Crippen LogP contribution in [-0.4, -0.2) is 9.97 Å². The summed E-state index contributed by atoms with van der Waals surface area (Å²) in [5, 5.41) is 0. The lowest BCUT2D eigenvalue weighted by Gasteiger charge is -2.23. The maximum atomic E-state index is 4.40. The van der Waals surface area contributed by atoms with Crippen LogP contribution in [0.1, 0.15) is 106 Å². The summed E-state index contributed by atoms with van der Waals surface area (Å²) >= 11 is 0. The van der Waals surface area contributed by atoms with E-state index in [2.05, 4.69) is 117 Å². The summed E-state index contributed by atoms with van der Waals surface area (Å²) in [5.41, 5.74) is 4.82. The van der Waals surface area contributed by atoms with Crippen molar-refractivity contribution in [3.05, 3.63) is 53.1 Å². The van der Waals surface area contributed by atoms with Gasteiger partial charge in [-0.1, -0.05) is 107 Å². The van der Waals surface area contributed by atoms with Gasteiger partial charge >= 0.3 is 0 Å². The molecule has 0 atom stereocenters. The van der Waals surface area contributed by atoms with Gasteiger partial charge in [-0.3, -0.25) is 0 Å². The molecule has 0 unspecified atom stereocenters. The van der Waals surface area contributed by atoms with Crippen LogP contribution < -0.4 is 0 Å². The third-order valence-corrected chi connectivity index (χ3v) is 4.71. The van der Waals surface area contributed by atoms with Crippen LogP contribution in [-0.2, 0) is 21.7 Å². The van der Waals surface area contributed by atoms with Crippen molar-refractivity contribution >= 4 is 0 Å². The van der Waals surface area contributed by atoms with Gasteiger partial charge in [0.2, 0.25) is 0 Å². The van der Waals surface area contributed by atoms with Gasteiger partial charge in [-0.2, -0.15) is 0 Å². The summed E-state index contributed by atoms with van der Waals surface area (Å²) in [4.78, 5) is 7.78. The summed E-state index contributed by atoms with van der Waals surface area (Å²) in [6.45, 7) is 26.6. The molecule has 2 nitrogen and oxygen atoms in total. The molecule has 0 radical (unpaired) electrons. The fourth-order valence-corrected chi connectivity index (χ4v) is 2.55. The highest BCUT2D eigenvalue weighted by atomic mass is 14.9. The lowest BCUT2D eigenvalue weighted by molar-refractivity contribution is 0.535. The molecule has 0 fully saturated rings. The average Bonchev–Trinajstić information content (AvgIpc) is 2.96. The minimum atomic E-state index is 0.115. The van der Waals surface area contributed by atoms with Crippen molar-refractivity contribution in [2.45, 2.75) is 105 Å². The highest BCUT2D eigenvalue weighted by molar-refractivity contribution is 5.30. The van der Waals surface area contributed by atoms with Gasteiger partial charge in [0.15, 0.2) is 0 Å². The molecule has 1 aromatic carbocycles. The van der Waals surface area contributed by atoms with Gasteiger partial charge in [0.25, 0.3) is 0 Å². The van der Waals surface area contributed by atoms with Gasteiger partial charge in [-0.25, -0.2) is 4.98 Å². The minimum Gasteiger partial charge on any atom is -0.345 e. The lowest BCUT2D eigenvalue weighted by Crippen LogP contribution is -2.15. The molecule has 0 saturated carbocycles. The molecule has 0 spiro atoms. The number of aromatic nitrogens is 2. The fourth-order valence-electron chi connectivity index (χ4n) is 2.55. The predicted octanol–water partition coefficient (Wildman–Crippen LogP) is 7.29. The molecular weight excluding hydrogens is 328 g/mol. The molecule has 152 valence electrons. The van der Waals surface area contributed by atoms with Crippen molar-refractivity contribution in [1.82, 2.24) is 9.97 Å². The van der Waals surface area contributed by atoms with Crippen LogP contribution in [0.3, 0.4) is 0 Å². The normalized spacial score (nSPS) is 13.2. The molecule has 1 heterocycles. The molecular formula is C25H42N2. The topological polar surface area (TPSA) is 28.7 Å². The minimum absolute atomic E-state index is 0.115. The molecule has 2 rings (SSSR count). The summed E-state index contributed by atoms with van der Waals surface area (Å²) in [6, 6.07) is 9.00. The third-order valence-electron chi connectivity index (χ3n) is 4.71. The molecule has 27 heavy (non-hydrogen) atoms. The number of nitrogens with one attached hydrogen (secondary N) is 1. The molecule has 2 heteroatoms. The number of nitrogens with zero attached hydrogens (tertiary/aromatic N) is 1. The molecule has 0 amide bonds. The van der Waals surface area contributed by atoms with E-state index in [4.69, 9.17) is 0 Å². The fraction of sp³-hybridized carbons (Fsp3) is 0.640. The van der Waals surface area contributed by atoms with Gasteiger partial charge in [0, 0.05) is 22.7 Å². The standard InChI is InChI=1S/C14H22.C11H20N2/c1-13(2,3)11-7-9-12(10-8-11)14(4,5)6;1-10(2,3)8-7-12-9(13-8)11(4,5)6/h7-10H,1-6H3;7H,1-6H3,(H,12,13). The monoisotopic (exact) mass is 370 g/mol. The van der Waals surface area contributed by atoms with E-state index in [0.29, 0.717) is 0 Å². The Balaban J connectivity index is 0.000000271. The highest BCUT2D eigenvalue weighted by Crippen LogP contribution is 2.27. The average molecular weight is 371 g/mol. The Bertz CT molecular complexity index is 644. The zero-order chi connectivity index (χ0) is 21.3. The first kappa shape index (κ1) is 23.5. The number of benzene rings is 1. The SMILES string of the molecule is CC(C)(C)c1ccc(C(C)(C)C)cc1.CC(C)(C)c1cnc(C(C)(C)C)[nH]1. The van der Waals surface area contributed by atoms with Crippen molar-refractivity contribution in [3.8, 4) is 0 Å². The van der Waals surface area contributed by atoms with Gasteiger partial charge in [-0.15, -0.1) is 0 Å². The first-order valence-electron chi connectivity index (χ1n) is 10.1.